The van der Waals surface area contributed by atoms with Crippen LogP contribution in [-0.2, 0) is 10.8 Å². The van der Waals surface area contributed by atoms with E-state index in [2.05, 4.69) is 141 Å². The third kappa shape index (κ3) is 4.21. The van der Waals surface area contributed by atoms with Crippen LogP contribution in [0.15, 0.2) is 174 Å². The minimum absolute atomic E-state index is 0.226. The lowest BCUT2D eigenvalue weighted by atomic mass is 9.66. The van der Waals surface area contributed by atoms with Gasteiger partial charge in [0.25, 0.3) is 0 Å². The first kappa shape index (κ1) is 30.5. The van der Waals surface area contributed by atoms with Crippen molar-refractivity contribution < 1.29 is 0 Å². The number of benzene rings is 7. The van der Waals surface area contributed by atoms with Gasteiger partial charge < -0.3 is 0 Å². The third-order valence-electron chi connectivity index (χ3n) is 11.6. The van der Waals surface area contributed by atoms with Gasteiger partial charge in [-0.2, -0.15) is 0 Å². The van der Waals surface area contributed by atoms with E-state index in [0.717, 1.165) is 16.7 Å². The molecule has 0 amide bonds. The van der Waals surface area contributed by atoms with Crippen LogP contribution in [0.1, 0.15) is 47.2 Å². The van der Waals surface area contributed by atoms with Gasteiger partial charge in [0.1, 0.15) is 0 Å². The van der Waals surface area contributed by atoms with Gasteiger partial charge in [-0.3, -0.25) is 0 Å². The number of fused-ring (bicyclic) bond motifs is 13. The SMILES string of the molecule is CC1(C)c2ccc(-c3nc(-c4ccccc4)nc(-c4ccccc4)n3)cc2-c2ccc3c(c21)Sc1ccccc1C31c2ccccc2-c2ccccc21. The van der Waals surface area contributed by atoms with Gasteiger partial charge >= 0.3 is 0 Å². The predicted octanol–water partition coefficient (Wildman–Crippen LogP) is 12.0. The molecular formula is C49H33N3S. The number of nitrogens with zero attached hydrogens (tertiary/aromatic N) is 3. The molecule has 2 heterocycles. The van der Waals surface area contributed by atoms with Crippen LogP contribution in [0.3, 0.4) is 0 Å². The van der Waals surface area contributed by atoms with E-state index in [-0.39, 0.29) is 5.41 Å². The smallest absolute Gasteiger partial charge is 0.164 e. The minimum Gasteiger partial charge on any atom is -0.208 e. The highest BCUT2D eigenvalue weighted by molar-refractivity contribution is 7.99. The van der Waals surface area contributed by atoms with E-state index in [1.165, 1.54) is 65.4 Å². The second-order valence-corrected chi connectivity index (χ2v) is 15.8. The van der Waals surface area contributed by atoms with E-state index < -0.39 is 5.41 Å². The molecule has 1 aliphatic heterocycles. The second-order valence-electron chi connectivity index (χ2n) is 14.7. The molecule has 0 N–H and O–H groups in total. The van der Waals surface area contributed by atoms with Crippen molar-refractivity contribution >= 4 is 11.8 Å². The monoisotopic (exact) mass is 695 g/mol. The Hall–Kier alpha value is -6.10. The fourth-order valence-corrected chi connectivity index (χ4v) is 10.8. The zero-order chi connectivity index (χ0) is 35.3. The standard InChI is InChI=1S/C49H33N3S/c1-48(2)37-27-25-32(47-51-45(30-15-5-3-6-16-30)50-46(52-47)31-17-7-4-8-18-31)29-36(37)35-26-28-41-44(43(35)48)53-42-24-14-13-23-40(42)49(41)38-21-11-9-19-33(38)34-20-10-12-22-39(34)49/h3-29H,1-2H3. The van der Waals surface area contributed by atoms with Gasteiger partial charge in [-0.05, 0) is 67.8 Å². The summed E-state index contributed by atoms with van der Waals surface area (Å²) < 4.78 is 0. The highest BCUT2D eigenvalue weighted by Crippen LogP contribution is 2.65. The molecule has 1 aromatic heterocycles. The molecule has 0 saturated heterocycles. The molecule has 250 valence electrons. The average Bonchev–Trinajstić information content (AvgIpc) is 3.64. The second kappa shape index (κ2) is 11.2. The van der Waals surface area contributed by atoms with Crippen molar-refractivity contribution in [1.82, 2.24) is 15.0 Å². The zero-order valence-electron chi connectivity index (χ0n) is 29.3. The fraction of sp³-hybridized carbons (Fsp3) is 0.0816. The maximum Gasteiger partial charge on any atom is 0.164 e. The third-order valence-corrected chi connectivity index (χ3v) is 12.8. The average molecular weight is 696 g/mol. The first-order valence-electron chi connectivity index (χ1n) is 18.2. The van der Waals surface area contributed by atoms with Gasteiger partial charge in [0.2, 0.25) is 0 Å². The molecule has 3 aliphatic rings. The Balaban J connectivity index is 1.13. The fourth-order valence-electron chi connectivity index (χ4n) is 9.29. The molecule has 0 radical (unpaired) electrons. The molecule has 53 heavy (non-hydrogen) atoms. The Bertz CT molecular complexity index is 2680. The Morgan fingerprint density at radius 3 is 1.53 bits per heavy atom. The Morgan fingerprint density at radius 2 is 0.906 bits per heavy atom. The van der Waals surface area contributed by atoms with Crippen LogP contribution in [0.4, 0.5) is 0 Å². The lowest BCUT2D eigenvalue weighted by Gasteiger charge is -2.41. The van der Waals surface area contributed by atoms with E-state index in [4.69, 9.17) is 15.0 Å². The van der Waals surface area contributed by atoms with Crippen molar-refractivity contribution in [1.29, 1.82) is 0 Å². The van der Waals surface area contributed by atoms with Gasteiger partial charge in [0.05, 0.1) is 5.41 Å². The van der Waals surface area contributed by atoms with Crippen LogP contribution in [0.5, 0.6) is 0 Å². The van der Waals surface area contributed by atoms with E-state index in [9.17, 15) is 0 Å². The van der Waals surface area contributed by atoms with Gasteiger partial charge in [0, 0.05) is 31.9 Å². The van der Waals surface area contributed by atoms with Crippen LogP contribution < -0.4 is 0 Å². The molecule has 0 unspecified atom stereocenters. The molecule has 4 heteroatoms. The summed E-state index contributed by atoms with van der Waals surface area (Å²) in [5, 5.41) is 0. The summed E-state index contributed by atoms with van der Waals surface area (Å²) in [5.74, 6) is 2.01. The highest BCUT2D eigenvalue weighted by Gasteiger charge is 2.52. The summed E-state index contributed by atoms with van der Waals surface area (Å²) in [7, 11) is 0. The maximum atomic E-state index is 5.08. The normalized spacial score (nSPS) is 14.8. The highest BCUT2D eigenvalue weighted by atomic mass is 32.2. The van der Waals surface area contributed by atoms with Crippen molar-refractivity contribution in [2.75, 3.05) is 0 Å². The first-order chi connectivity index (χ1) is 26.0. The number of aromatic nitrogens is 3. The van der Waals surface area contributed by atoms with Gasteiger partial charge in [-0.15, -0.1) is 0 Å². The Morgan fingerprint density at radius 1 is 0.396 bits per heavy atom. The summed E-state index contributed by atoms with van der Waals surface area (Å²) in [5.41, 5.74) is 15.7. The number of hydrogen-bond donors (Lipinski definition) is 0. The van der Waals surface area contributed by atoms with E-state index in [0.29, 0.717) is 17.5 Å². The predicted molar refractivity (Wildman–Crippen MR) is 215 cm³/mol. The van der Waals surface area contributed by atoms with Crippen LogP contribution in [0.25, 0.3) is 56.4 Å². The van der Waals surface area contributed by atoms with Crippen LogP contribution in [-0.4, -0.2) is 15.0 Å². The molecule has 3 nitrogen and oxygen atoms in total. The molecule has 2 aliphatic carbocycles. The van der Waals surface area contributed by atoms with E-state index >= 15 is 0 Å². The first-order valence-corrected chi connectivity index (χ1v) is 19.0. The molecule has 0 bridgehead atoms. The lowest BCUT2D eigenvalue weighted by Crippen LogP contribution is -2.33. The number of rotatable bonds is 3. The molecule has 0 fully saturated rings. The van der Waals surface area contributed by atoms with Crippen molar-refractivity contribution in [2.45, 2.75) is 34.5 Å². The Kier molecular flexibility index (Phi) is 6.45. The minimum atomic E-state index is -0.401. The van der Waals surface area contributed by atoms with E-state index in [1.807, 2.05) is 48.2 Å². The van der Waals surface area contributed by atoms with Crippen molar-refractivity contribution in [2.24, 2.45) is 0 Å². The van der Waals surface area contributed by atoms with Crippen LogP contribution in [0, 0.1) is 0 Å². The van der Waals surface area contributed by atoms with Crippen LogP contribution in [0.2, 0.25) is 0 Å². The van der Waals surface area contributed by atoms with Crippen molar-refractivity contribution in [3.63, 3.8) is 0 Å². The van der Waals surface area contributed by atoms with Gasteiger partial charge in [-0.1, -0.05) is 177 Å². The van der Waals surface area contributed by atoms with Crippen molar-refractivity contribution in [3.05, 3.63) is 197 Å². The lowest BCUT2D eigenvalue weighted by molar-refractivity contribution is 0.632. The largest absolute Gasteiger partial charge is 0.208 e. The van der Waals surface area contributed by atoms with Gasteiger partial charge in [-0.25, -0.2) is 15.0 Å². The molecule has 0 atom stereocenters. The van der Waals surface area contributed by atoms with Crippen LogP contribution >= 0.6 is 11.8 Å². The van der Waals surface area contributed by atoms with Crippen molar-refractivity contribution in [3.8, 4) is 56.4 Å². The maximum absolute atomic E-state index is 5.08. The molecule has 0 saturated carbocycles. The Labute approximate surface area is 313 Å². The number of hydrogen-bond acceptors (Lipinski definition) is 4. The quantitative estimate of drug-likeness (QED) is 0.184. The molecular weight excluding hydrogens is 663 g/mol. The zero-order valence-corrected chi connectivity index (χ0v) is 30.2. The molecule has 1 spiro atoms. The molecule has 7 aromatic carbocycles. The molecule has 8 aromatic rings. The summed E-state index contributed by atoms with van der Waals surface area (Å²) in [4.78, 5) is 17.8. The van der Waals surface area contributed by atoms with Gasteiger partial charge in [0.15, 0.2) is 17.5 Å². The van der Waals surface area contributed by atoms with E-state index in [1.54, 1.807) is 0 Å². The summed E-state index contributed by atoms with van der Waals surface area (Å²) in [6, 6.07) is 59.2. The summed E-state index contributed by atoms with van der Waals surface area (Å²) in [6.07, 6.45) is 0. The summed E-state index contributed by atoms with van der Waals surface area (Å²) >= 11 is 1.94. The topological polar surface area (TPSA) is 38.7 Å². The molecule has 11 rings (SSSR count). The summed E-state index contributed by atoms with van der Waals surface area (Å²) in [6.45, 7) is 4.79.